The molecule has 1 aromatic heterocycles. The highest BCUT2D eigenvalue weighted by Crippen LogP contribution is 2.25. The van der Waals surface area contributed by atoms with E-state index < -0.39 is 10.0 Å². The minimum atomic E-state index is -3.86. The lowest BCUT2D eigenvalue weighted by molar-refractivity contribution is 0.228. The zero-order chi connectivity index (χ0) is 20.2. The minimum absolute atomic E-state index is 0.0415. The number of primary sulfonamides is 1. The number of benzene rings is 1. The second kappa shape index (κ2) is 10.8. The number of aromatic amines is 1. The summed E-state index contributed by atoms with van der Waals surface area (Å²) in [5.74, 6) is 0.541. The summed E-state index contributed by atoms with van der Waals surface area (Å²) in [6.07, 6.45) is 11.1. The van der Waals surface area contributed by atoms with Crippen molar-refractivity contribution in [3.8, 4) is 11.1 Å². The van der Waals surface area contributed by atoms with E-state index in [2.05, 4.69) is 9.97 Å². The Kier molecular flexibility index (Phi) is 8.13. The first kappa shape index (κ1) is 21.1. The Balaban J connectivity index is 2.22. The van der Waals surface area contributed by atoms with Crippen molar-refractivity contribution in [2.45, 2.75) is 11.5 Å². The van der Waals surface area contributed by atoms with E-state index in [1.807, 2.05) is 0 Å². The molecule has 0 aliphatic carbocycles. The van der Waals surface area contributed by atoms with Crippen LogP contribution in [0.1, 0.15) is 5.82 Å². The lowest BCUT2D eigenvalue weighted by atomic mass is 10.1. The van der Waals surface area contributed by atoms with Crippen LogP contribution in [0.3, 0.4) is 0 Å². The fraction of sp³-hybridized carbons (Fsp3) is 0.0500. The number of halogens is 1. The van der Waals surface area contributed by atoms with Crippen LogP contribution in [0.5, 0.6) is 0 Å². The highest BCUT2D eigenvalue weighted by Gasteiger charge is 2.13. The number of hydrogen-bond acceptors (Lipinski definition) is 4. The van der Waals surface area contributed by atoms with E-state index in [0.29, 0.717) is 23.3 Å². The van der Waals surface area contributed by atoms with Gasteiger partial charge in [-0.3, -0.25) is 0 Å². The van der Waals surface area contributed by atoms with Crippen LogP contribution in [0.15, 0.2) is 96.6 Å². The molecule has 146 valence electrons. The van der Waals surface area contributed by atoms with Gasteiger partial charge in [0.1, 0.15) is 12.4 Å². The predicted octanol–water partition coefficient (Wildman–Crippen LogP) is 3.92. The second-order valence-corrected chi connectivity index (χ2v) is 6.93. The Labute approximate surface area is 163 Å². The molecule has 0 fully saturated rings. The van der Waals surface area contributed by atoms with Crippen LogP contribution in [0, 0.1) is 0 Å². The van der Waals surface area contributed by atoms with Crippen molar-refractivity contribution in [2.75, 3.05) is 0 Å². The lowest BCUT2D eigenvalue weighted by Crippen LogP contribution is -2.13. The van der Waals surface area contributed by atoms with Gasteiger partial charge in [-0.1, -0.05) is 36.4 Å². The number of rotatable bonds is 7. The number of ether oxygens (including phenoxy) is 1. The summed E-state index contributed by atoms with van der Waals surface area (Å²) in [5, 5.41) is 5.31. The Morgan fingerprint density at radius 1 is 1.07 bits per heavy atom. The Bertz CT molecular complexity index is 1030. The molecular formula is C20H20FN3O3S. The summed E-state index contributed by atoms with van der Waals surface area (Å²) in [6, 6.07) is 11.6. The molecule has 0 atom stereocenters. The minimum Gasteiger partial charge on any atom is -0.493 e. The van der Waals surface area contributed by atoms with E-state index in [9.17, 15) is 12.8 Å². The van der Waals surface area contributed by atoms with Gasteiger partial charge < -0.3 is 9.72 Å². The average molecular weight is 401 g/mol. The summed E-state index contributed by atoms with van der Waals surface area (Å²) < 4.78 is 40.7. The topological polar surface area (TPSA) is 98.1 Å². The molecule has 8 heteroatoms. The molecule has 1 heterocycles. The van der Waals surface area contributed by atoms with Crippen molar-refractivity contribution in [3.05, 3.63) is 97.6 Å². The van der Waals surface area contributed by atoms with Crippen molar-refractivity contribution in [1.29, 1.82) is 0 Å². The molecule has 1 aromatic carbocycles. The molecule has 2 aromatic rings. The van der Waals surface area contributed by atoms with E-state index in [-0.39, 0.29) is 11.5 Å². The van der Waals surface area contributed by atoms with Crippen molar-refractivity contribution in [1.82, 2.24) is 9.97 Å². The fourth-order valence-electron chi connectivity index (χ4n) is 2.21. The van der Waals surface area contributed by atoms with Crippen LogP contribution in [0.25, 0.3) is 11.1 Å². The smallest absolute Gasteiger partial charge is 0.238 e. The van der Waals surface area contributed by atoms with Crippen LogP contribution in [0.2, 0.25) is 0 Å². The van der Waals surface area contributed by atoms with Crippen molar-refractivity contribution >= 4 is 10.0 Å². The maximum absolute atomic E-state index is 11.8. The number of hydrogen-bond donors (Lipinski definition) is 2. The molecule has 6 nitrogen and oxygen atoms in total. The molecule has 0 unspecified atom stereocenters. The molecule has 28 heavy (non-hydrogen) atoms. The summed E-state index contributed by atoms with van der Waals surface area (Å²) >= 11 is 0. The van der Waals surface area contributed by atoms with Crippen LogP contribution in [-0.4, -0.2) is 18.4 Å². The molecule has 2 rings (SSSR count). The summed E-state index contributed by atoms with van der Waals surface area (Å²) in [6.45, 7) is 0.182. The third-order valence-corrected chi connectivity index (χ3v) is 4.38. The third-order valence-electron chi connectivity index (χ3n) is 3.41. The maximum atomic E-state index is 11.8. The average Bonchev–Trinajstić information content (AvgIpc) is 2.79. The van der Waals surface area contributed by atoms with Crippen LogP contribution >= 0.6 is 0 Å². The molecular weight excluding hydrogens is 381 g/mol. The SMILES string of the molecule is NS(=O)(=O)c1ccccc1-c1ccc[nH]c(CO/C=C/C=C\C=C\F)ncc1. The molecule has 0 aliphatic heterocycles. The maximum Gasteiger partial charge on any atom is 0.238 e. The van der Waals surface area contributed by atoms with Gasteiger partial charge in [-0.15, -0.1) is 0 Å². The van der Waals surface area contributed by atoms with E-state index in [1.54, 1.807) is 60.9 Å². The summed E-state index contributed by atoms with van der Waals surface area (Å²) in [4.78, 5) is 7.30. The highest BCUT2D eigenvalue weighted by atomic mass is 32.2. The van der Waals surface area contributed by atoms with Gasteiger partial charge in [0.25, 0.3) is 0 Å². The third kappa shape index (κ3) is 6.82. The van der Waals surface area contributed by atoms with Gasteiger partial charge >= 0.3 is 0 Å². The van der Waals surface area contributed by atoms with Gasteiger partial charge in [0.05, 0.1) is 17.5 Å². The van der Waals surface area contributed by atoms with E-state index in [4.69, 9.17) is 9.88 Å². The number of H-pyrrole nitrogens is 1. The van der Waals surface area contributed by atoms with Gasteiger partial charge in [-0.2, -0.15) is 0 Å². The van der Waals surface area contributed by atoms with Gasteiger partial charge in [-0.25, -0.2) is 22.9 Å². The van der Waals surface area contributed by atoms with Gasteiger partial charge in [-0.05, 0) is 35.9 Å². The zero-order valence-corrected chi connectivity index (χ0v) is 15.7. The normalized spacial score (nSPS) is 11.9. The Hall–Kier alpha value is -3.23. The van der Waals surface area contributed by atoms with Crippen LogP contribution < -0.4 is 5.14 Å². The standard InChI is InChI=1S/C20H20FN3O3S/c21-12-5-1-2-6-15-27-16-20-23-13-7-8-17(11-14-24-20)18-9-3-4-10-19(18)28(22,25)26/h1-15H,16H2,(H,23,24)(H2,22,25,26)/b2-1-,12-5+,13-7?,14-11?,15-6+,17-8?. The number of allylic oxidation sites excluding steroid dienone is 4. The number of nitrogens with zero attached hydrogens (tertiary/aromatic N) is 1. The van der Waals surface area contributed by atoms with E-state index in [0.717, 1.165) is 0 Å². The number of nitrogens with two attached hydrogens (primary N) is 1. The monoisotopic (exact) mass is 401 g/mol. The fourth-order valence-corrected chi connectivity index (χ4v) is 2.97. The lowest BCUT2D eigenvalue weighted by Gasteiger charge is -2.06. The van der Waals surface area contributed by atoms with Crippen LogP contribution in [-0.2, 0) is 21.4 Å². The van der Waals surface area contributed by atoms with Crippen molar-refractivity contribution < 1.29 is 17.5 Å². The largest absolute Gasteiger partial charge is 0.493 e. The molecule has 0 aliphatic rings. The van der Waals surface area contributed by atoms with Crippen LogP contribution in [0.4, 0.5) is 4.39 Å². The summed E-state index contributed by atoms with van der Waals surface area (Å²) in [5.41, 5.74) is 1.12. The Morgan fingerprint density at radius 2 is 1.86 bits per heavy atom. The quantitative estimate of drug-likeness (QED) is 0.543. The first-order valence-corrected chi connectivity index (χ1v) is 9.76. The van der Waals surface area contributed by atoms with Crippen molar-refractivity contribution in [3.63, 3.8) is 0 Å². The van der Waals surface area contributed by atoms with E-state index in [1.165, 1.54) is 24.5 Å². The molecule has 0 saturated heterocycles. The molecule has 0 amide bonds. The first-order valence-electron chi connectivity index (χ1n) is 8.21. The summed E-state index contributed by atoms with van der Waals surface area (Å²) in [7, 11) is -3.86. The second-order valence-electron chi connectivity index (χ2n) is 5.40. The predicted molar refractivity (Wildman–Crippen MR) is 106 cm³/mol. The van der Waals surface area contributed by atoms with Gasteiger partial charge in [0.2, 0.25) is 10.0 Å². The number of sulfonamides is 1. The van der Waals surface area contributed by atoms with E-state index >= 15 is 0 Å². The van der Waals surface area contributed by atoms with Crippen molar-refractivity contribution in [2.24, 2.45) is 5.14 Å². The molecule has 0 bridgehead atoms. The van der Waals surface area contributed by atoms with Gasteiger partial charge in [0, 0.05) is 18.0 Å². The molecule has 0 radical (unpaired) electrons. The zero-order valence-electron chi connectivity index (χ0n) is 14.9. The number of aromatic nitrogens is 2. The number of nitrogens with one attached hydrogen (secondary N) is 1. The Morgan fingerprint density at radius 3 is 2.64 bits per heavy atom. The van der Waals surface area contributed by atoms with Gasteiger partial charge in [0.15, 0.2) is 0 Å². The molecule has 0 saturated carbocycles. The first-order chi connectivity index (χ1) is 13.5. The molecule has 0 spiro atoms. The highest BCUT2D eigenvalue weighted by molar-refractivity contribution is 7.89. The molecule has 3 N–H and O–H groups in total.